The van der Waals surface area contributed by atoms with Gasteiger partial charge in [0.2, 0.25) is 0 Å². The summed E-state index contributed by atoms with van der Waals surface area (Å²) in [6.07, 6.45) is 2.32. The van der Waals surface area contributed by atoms with Gasteiger partial charge < -0.3 is 14.6 Å². The van der Waals surface area contributed by atoms with Gasteiger partial charge in [-0.2, -0.15) is 0 Å². The molecule has 64 valence electrons. The fraction of sp³-hybridized carbons (Fsp3) is 1.00. The molecule has 2 heterocycles. The van der Waals surface area contributed by atoms with Crippen LogP contribution in [0.5, 0.6) is 0 Å². The van der Waals surface area contributed by atoms with E-state index in [9.17, 15) is 5.11 Å². The molecule has 0 saturated carbocycles. The van der Waals surface area contributed by atoms with Crippen molar-refractivity contribution >= 4 is 0 Å². The van der Waals surface area contributed by atoms with Crippen molar-refractivity contribution in [3.63, 3.8) is 0 Å². The van der Waals surface area contributed by atoms with Gasteiger partial charge in [0.1, 0.15) is 6.10 Å². The molecule has 0 amide bonds. The maximum atomic E-state index is 9.21. The Morgan fingerprint density at radius 1 is 1.36 bits per heavy atom. The van der Waals surface area contributed by atoms with E-state index in [1.54, 1.807) is 6.92 Å². The average Bonchev–Trinajstić information content (AvgIpc) is 2.68. The molecule has 2 aliphatic heterocycles. The molecule has 2 aliphatic rings. The van der Waals surface area contributed by atoms with Crippen LogP contribution in [0.15, 0.2) is 0 Å². The Morgan fingerprint density at radius 2 is 2.09 bits per heavy atom. The molecule has 0 radical (unpaired) electrons. The van der Waals surface area contributed by atoms with Gasteiger partial charge in [-0.15, -0.1) is 0 Å². The number of hydrogen-bond acceptors (Lipinski definition) is 3. The summed E-state index contributed by atoms with van der Waals surface area (Å²) < 4.78 is 10.7. The van der Waals surface area contributed by atoms with Crippen LogP contribution in [0.1, 0.15) is 19.8 Å². The normalized spacial score (nSPS) is 45.8. The average molecular weight is 158 g/mol. The molecular weight excluding hydrogens is 144 g/mol. The van der Waals surface area contributed by atoms with Gasteiger partial charge in [-0.3, -0.25) is 0 Å². The highest BCUT2D eigenvalue weighted by atomic mass is 16.6. The monoisotopic (exact) mass is 158 g/mol. The summed E-state index contributed by atoms with van der Waals surface area (Å²) in [6, 6.07) is 0. The van der Waals surface area contributed by atoms with E-state index in [1.807, 2.05) is 0 Å². The maximum Gasteiger partial charge on any atom is 0.107 e. The molecule has 0 aromatic carbocycles. The van der Waals surface area contributed by atoms with Crippen molar-refractivity contribution in [2.45, 2.75) is 44.2 Å². The minimum absolute atomic E-state index is 0.0456. The van der Waals surface area contributed by atoms with E-state index in [0.717, 1.165) is 19.4 Å². The van der Waals surface area contributed by atoms with Gasteiger partial charge in [-0.25, -0.2) is 0 Å². The molecule has 2 fully saturated rings. The summed E-state index contributed by atoms with van der Waals surface area (Å²) in [4.78, 5) is 0. The van der Waals surface area contributed by atoms with Gasteiger partial charge in [0.25, 0.3) is 0 Å². The first kappa shape index (κ1) is 7.53. The van der Waals surface area contributed by atoms with Crippen molar-refractivity contribution in [3.8, 4) is 0 Å². The van der Waals surface area contributed by atoms with E-state index in [-0.39, 0.29) is 18.3 Å². The first-order valence-corrected chi connectivity index (χ1v) is 4.22. The molecule has 2 rings (SSSR count). The van der Waals surface area contributed by atoms with Crippen molar-refractivity contribution in [3.05, 3.63) is 0 Å². The van der Waals surface area contributed by atoms with Gasteiger partial charge in [-0.05, 0) is 19.8 Å². The van der Waals surface area contributed by atoms with Crippen molar-refractivity contribution in [1.29, 1.82) is 0 Å². The molecule has 3 nitrogen and oxygen atoms in total. The second-order valence-electron chi connectivity index (χ2n) is 3.40. The predicted molar refractivity (Wildman–Crippen MR) is 39.3 cm³/mol. The highest BCUT2D eigenvalue weighted by Gasteiger charge is 2.40. The van der Waals surface area contributed by atoms with Gasteiger partial charge in [0.05, 0.1) is 24.9 Å². The van der Waals surface area contributed by atoms with Gasteiger partial charge >= 0.3 is 0 Å². The number of aliphatic hydroxyl groups is 1. The van der Waals surface area contributed by atoms with Gasteiger partial charge in [-0.1, -0.05) is 0 Å². The lowest BCUT2D eigenvalue weighted by atomic mass is 10.1. The summed E-state index contributed by atoms with van der Waals surface area (Å²) in [6.45, 7) is 2.62. The van der Waals surface area contributed by atoms with E-state index < -0.39 is 0 Å². The van der Waals surface area contributed by atoms with E-state index in [0.29, 0.717) is 6.10 Å². The Kier molecular flexibility index (Phi) is 1.87. The zero-order valence-electron chi connectivity index (χ0n) is 6.69. The molecular formula is C8H14O3. The van der Waals surface area contributed by atoms with Crippen molar-refractivity contribution in [2.75, 3.05) is 6.61 Å². The van der Waals surface area contributed by atoms with Crippen LogP contribution in [0.3, 0.4) is 0 Å². The molecule has 0 spiro atoms. The Labute approximate surface area is 66.3 Å². The van der Waals surface area contributed by atoms with Crippen LogP contribution >= 0.6 is 0 Å². The number of ether oxygens (including phenoxy) is 2. The van der Waals surface area contributed by atoms with E-state index in [4.69, 9.17) is 9.47 Å². The lowest BCUT2D eigenvalue weighted by Gasteiger charge is -2.14. The standard InChI is InChI=1S/C8H14O3/c1-5(9)6-2-3-7(11-6)8-4-10-8/h5-9H,2-4H2,1H3. The Balaban J connectivity index is 1.82. The van der Waals surface area contributed by atoms with Crippen LogP contribution in [0.4, 0.5) is 0 Å². The number of aliphatic hydroxyl groups excluding tert-OH is 1. The Morgan fingerprint density at radius 3 is 2.55 bits per heavy atom. The highest BCUT2D eigenvalue weighted by molar-refractivity contribution is 4.87. The third-order valence-corrected chi connectivity index (χ3v) is 2.40. The Bertz CT molecular complexity index is 134. The quantitative estimate of drug-likeness (QED) is 0.588. The molecule has 0 aromatic rings. The molecule has 3 heteroatoms. The smallest absolute Gasteiger partial charge is 0.107 e. The molecule has 11 heavy (non-hydrogen) atoms. The van der Waals surface area contributed by atoms with E-state index in [2.05, 4.69) is 0 Å². The fourth-order valence-corrected chi connectivity index (χ4v) is 1.59. The van der Waals surface area contributed by atoms with Crippen molar-refractivity contribution in [1.82, 2.24) is 0 Å². The third kappa shape index (κ3) is 1.55. The minimum Gasteiger partial charge on any atom is -0.391 e. The van der Waals surface area contributed by atoms with Crippen molar-refractivity contribution in [2.24, 2.45) is 0 Å². The van der Waals surface area contributed by atoms with Crippen LogP contribution in [-0.4, -0.2) is 36.1 Å². The maximum absolute atomic E-state index is 9.21. The zero-order chi connectivity index (χ0) is 7.84. The Hall–Kier alpha value is -0.120. The highest BCUT2D eigenvalue weighted by Crippen LogP contribution is 2.30. The van der Waals surface area contributed by atoms with Gasteiger partial charge in [0, 0.05) is 0 Å². The molecule has 0 aliphatic carbocycles. The third-order valence-electron chi connectivity index (χ3n) is 2.40. The molecule has 1 N–H and O–H groups in total. The van der Waals surface area contributed by atoms with Crippen LogP contribution in [0.2, 0.25) is 0 Å². The lowest BCUT2D eigenvalue weighted by molar-refractivity contribution is -0.0340. The van der Waals surface area contributed by atoms with Crippen LogP contribution in [0, 0.1) is 0 Å². The molecule has 0 aromatic heterocycles. The lowest BCUT2D eigenvalue weighted by Crippen LogP contribution is -2.24. The minimum atomic E-state index is -0.334. The van der Waals surface area contributed by atoms with E-state index in [1.165, 1.54) is 0 Å². The van der Waals surface area contributed by atoms with E-state index >= 15 is 0 Å². The summed E-state index contributed by atoms with van der Waals surface area (Å²) in [5.74, 6) is 0. The number of rotatable bonds is 2. The number of epoxide rings is 1. The first-order chi connectivity index (χ1) is 5.27. The predicted octanol–water partition coefficient (Wildman–Crippen LogP) is 0.314. The fourth-order valence-electron chi connectivity index (χ4n) is 1.59. The summed E-state index contributed by atoms with van der Waals surface area (Å²) in [5, 5.41) is 9.21. The number of hydrogen-bond donors (Lipinski definition) is 1. The van der Waals surface area contributed by atoms with Gasteiger partial charge in [0.15, 0.2) is 0 Å². The topological polar surface area (TPSA) is 42.0 Å². The summed E-state index contributed by atoms with van der Waals surface area (Å²) in [5.41, 5.74) is 0. The largest absolute Gasteiger partial charge is 0.391 e. The van der Waals surface area contributed by atoms with Crippen LogP contribution in [-0.2, 0) is 9.47 Å². The summed E-state index contributed by atoms with van der Waals surface area (Å²) >= 11 is 0. The van der Waals surface area contributed by atoms with Crippen LogP contribution < -0.4 is 0 Å². The zero-order valence-corrected chi connectivity index (χ0v) is 6.69. The SMILES string of the molecule is CC(O)C1CCC(C2CO2)O1. The second kappa shape index (κ2) is 2.73. The molecule has 4 unspecified atom stereocenters. The first-order valence-electron chi connectivity index (χ1n) is 4.22. The molecule has 0 bridgehead atoms. The molecule has 2 saturated heterocycles. The second-order valence-corrected chi connectivity index (χ2v) is 3.40. The van der Waals surface area contributed by atoms with Crippen LogP contribution in [0.25, 0.3) is 0 Å². The summed E-state index contributed by atoms with van der Waals surface area (Å²) in [7, 11) is 0. The van der Waals surface area contributed by atoms with Crippen molar-refractivity contribution < 1.29 is 14.6 Å². The molecule has 4 atom stereocenters.